The van der Waals surface area contributed by atoms with E-state index in [0.717, 1.165) is 16.8 Å². The van der Waals surface area contributed by atoms with Crippen LogP contribution in [0, 0.1) is 0 Å². The van der Waals surface area contributed by atoms with E-state index in [2.05, 4.69) is 15.3 Å². The van der Waals surface area contributed by atoms with Crippen LogP contribution in [0.1, 0.15) is 6.92 Å². The molecule has 0 radical (unpaired) electrons. The number of hydrogen-bond acceptors (Lipinski definition) is 7. The quantitative estimate of drug-likeness (QED) is 0.439. The van der Waals surface area contributed by atoms with Crippen LogP contribution >= 0.6 is 0 Å². The second kappa shape index (κ2) is 8.61. The molecule has 0 aliphatic carbocycles. The van der Waals surface area contributed by atoms with Crippen molar-refractivity contribution >= 4 is 21.5 Å². The molecule has 4 aromatic rings. The van der Waals surface area contributed by atoms with Crippen molar-refractivity contribution in [3.63, 3.8) is 0 Å². The van der Waals surface area contributed by atoms with Crippen LogP contribution in [0.15, 0.2) is 82.4 Å². The molecule has 158 valence electrons. The van der Waals surface area contributed by atoms with Crippen molar-refractivity contribution in [3.05, 3.63) is 73.1 Å². The van der Waals surface area contributed by atoms with Crippen LogP contribution in [0.4, 0.5) is 11.7 Å². The summed E-state index contributed by atoms with van der Waals surface area (Å²) in [7, 11) is -1.85. The minimum absolute atomic E-state index is 0.00846. The molecule has 7 nitrogen and oxygen atoms in total. The molecule has 1 N–H and O–H groups in total. The first-order valence-electron chi connectivity index (χ1n) is 9.65. The summed E-state index contributed by atoms with van der Waals surface area (Å²) in [6.45, 7) is 1.60. The van der Waals surface area contributed by atoms with Gasteiger partial charge < -0.3 is 14.5 Å². The van der Waals surface area contributed by atoms with Crippen molar-refractivity contribution in [1.82, 2.24) is 9.97 Å². The Kier molecular flexibility index (Phi) is 5.73. The molecule has 2 aromatic heterocycles. The molecule has 0 atom stereocenters. The van der Waals surface area contributed by atoms with Gasteiger partial charge in [-0.1, -0.05) is 31.2 Å². The fourth-order valence-electron chi connectivity index (χ4n) is 3.09. The minimum atomic E-state index is -3.36. The summed E-state index contributed by atoms with van der Waals surface area (Å²) in [6, 6.07) is 18.4. The van der Waals surface area contributed by atoms with Crippen molar-refractivity contribution < 1.29 is 17.6 Å². The molecular formula is C23H21N3O4S. The highest BCUT2D eigenvalue weighted by molar-refractivity contribution is 7.91. The topological polar surface area (TPSA) is 94.3 Å². The molecule has 0 aliphatic heterocycles. The number of nitrogens with one attached hydrogen (secondary N) is 1. The summed E-state index contributed by atoms with van der Waals surface area (Å²) in [5, 5.41) is 3.02. The molecule has 0 amide bonds. The van der Waals surface area contributed by atoms with E-state index >= 15 is 0 Å². The van der Waals surface area contributed by atoms with Crippen molar-refractivity contribution in [1.29, 1.82) is 0 Å². The number of anilines is 2. The smallest absolute Gasteiger partial charge is 0.299 e. The summed E-state index contributed by atoms with van der Waals surface area (Å²) in [6.07, 6.45) is 3.36. The predicted octanol–water partition coefficient (Wildman–Crippen LogP) is 4.95. The number of aromatic nitrogens is 2. The van der Waals surface area contributed by atoms with Crippen LogP contribution in [0.3, 0.4) is 0 Å². The van der Waals surface area contributed by atoms with Crippen LogP contribution < -0.4 is 10.1 Å². The SMILES string of the molecule is CCS(=O)(=O)c1ccc(OC)c(Nc2ncc(-c3cccc(-c4ccccn4)c3)o2)c1. The number of oxazole rings is 1. The molecule has 0 spiro atoms. The van der Waals surface area contributed by atoms with Gasteiger partial charge >= 0.3 is 0 Å². The van der Waals surface area contributed by atoms with Crippen molar-refractivity contribution in [2.45, 2.75) is 11.8 Å². The van der Waals surface area contributed by atoms with E-state index in [1.165, 1.54) is 19.2 Å². The Balaban J connectivity index is 1.63. The maximum Gasteiger partial charge on any atom is 0.299 e. The van der Waals surface area contributed by atoms with Gasteiger partial charge in [-0.15, -0.1) is 0 Å². The van der Waals surface area contributed by atoms with E-state index in [4.69, 9.17) is 9.15 Å². The average molecular weight is 436 g/mol. The summed E-state index contributed by atoms with van der Waals surface area (Å²) in [5.41, 5.74) is 3.12. The predicted molar refractivity (Wildman–Crippen MR) is 119 cm³/mol. The zero-order chi connectivity index (χ0) is 21.8. The van der Waals surface area contributed by atoms with E-state index in [0.29, 0.717) is 17.2 Å². The van der Waals surface area contributed by atoms with Crippen LogP contribution in [0.5, 0.6) is 5.75 Å². The Labute approximate surface area is 180 Å². The number of nitrogens with zero attached hydrogens (tertiary/aromatic N) is 2. The normalized spacial score (nSPS) is 11.3. The Hall–Kier alpha value is -3.65. The first kappa shape index (κ1) is 20.6. The number of rotatable bonds is 7. The largest absolute Gasteiger partial charge is 0.495 e. The van der Waals surface area contributed by atoms with Gasteiger partial charge in [0.15, 0.2) is 15.6 Å². The molecule has 8 heteroatoms. The maximum absolute atomic E-state index is 12.2. The molecule has 0 fully saturated rings. The van der Waals surface area contributed by atoms with Gasteiger partial charge in [0.1, 0.15) is 5.75 Å². The zero-order valence-electron chi connectivity index (χ0n) is 17.1. The number of ether oxygens (including phenoxy) is 1. The van der Waals surface area contributed by atoms with Gasteiger partial charge in [0.05, 0.1) is 35.3 Å². The van der Waals surface area contributed by atoms with Gasteiger partial charge in [-0.3, -0.25) is 4.98 Å². The molecule has 0 aliphatic rings. The van der Waals surface area contributed by atoms with E-state index in [1.807, 2.05) is 42.5 Å². The third kappa shape index (κ3) is 4.44. The Bertz CT molecular complexity index is 1300. The average Bonchev–Trinajstić information content (AvgIpc) is 3.28. The highest BCUT2D eigenvalue weighted by Crippen LogP contribution is 2.32. The number of hydrogen-bond donors (Lipinski definition) is 1. The van der Waals surface area contributed by atoms with Crippen molar-refractivity contribution in [3.8, 4) is 28.3 Å². The fourth-order valence-corrected chi connectivity index (χ4v) is 4.00. The fraction of sp³-hybridized carbons (Fsp3) is 0.130. The minimum Gasteiger partial charge on any atom is -0.495 e. The van der Waals surface area contributed by atoms with Crippen LogP contribution in [-0.2, 0) is 9.84 Å². The van der Waals surface area contributed by atoms with Crippen molar-refractivity contribution in [2.75, 3.05) is 18.2 Å². The monoisotopic (exact) mass is 435 g/mol. The standard InChI is InChI=1S/C23H21N3O4S/c1-3-31(27,28)18-10-11-21(29-2)20(14-18)26-23-25-15-22(30-23)17-8-6-7-16(13-17)19-9-4-5-12-24-19/h4-15H,3H2,1-2H3,(H,25,26). The maximum atomic E-state index is 12.2. The molecular weight excluding hydrogens is 414 g/mol. The summed E-state index contributed by atoms with van der Waals surface area (Å²) in [4.78, 5) is 8.86. The molecule has 2 heterocycles. The van der Waals surface area contributed by atoms with Crippen LogP contribution in [0.25, 0.3) is 22.6 Å². The Morgan fingerprint density at radius 1 is 1.00 bits per heavy atom. The first-order valence-corrected chi connectivity index (χ1v) is 11.3. The van der Waals surface area contributed by atoms with Crippen LogP contribution in [-0.4, -0.2) is 31.2 Å². The van der Waals surface area contributed by atoms with E-state index in [1.54, 1.807) is 25.4 Å². The lowest BCUT2D eigenvalue weighted by molar-refractivity contribution is 0.416. The third-order valence-electron chi connectivity index (χ3n) is 4.77. The molecule has 4 rings (SSSR count). The molecule has 31 heavy (non-hydrogen) atoms. The van der Waals surface area contributed by atoms with Gasteiger partial charge in [0.25, 0.3) is 6.01 Å². The van der Waals surface area contributed by atoms with Gasteiger partial charge in [-0.25, -0.2) is 13.4 Å². The number of benzene rings is 2. The van der Waals surface area contributed by atoms with Gasteiger partial charge in [0, 0.05) is 17.3 Å². The third-order valence-corrected chi connectivity index (χ3v) is 6.50. The number of pyridine rings is 1. The zero-order valence-corrected chi connectivity index (χ0v) is 17.9. The lowest BCUT2D eigenvalue weighted by Crippen LogP contribution is -2.05. The first-order chi connectivity index (χ1) is 15.0. The van der Waals surface area contributed by atoms with Crippen molar-refractivity contribution in [2.24, 2.45) is 0 Å². The summed E-state index contributed by atoms with van der Waals surface area (Å²) in [5.74, 6) is 1.05. The summed E-state index contributed by atoms with van der Waals surface area (Å²) < 4.78 is 35.7. The second-order valence-electron chi connectivity index (χ2n) is 6.72. The highest BCUT2D eigenvalue weighted by Gasteiger charge is 2.16. The Morgan fingerprint density at radius 3 is 2.58 bits per heavy atom. The second-order valence-corrected chi connectivity index (χ2v) is 8.99. The summed E-state index contributed by atoms with van der Waals surface area (Å²) >= 11 is 0. The van der Waals surface area contributed by atoms with Gasteiger partial charge in [-0.05, 0) is 36.4 Å². The molecule has 0 unspecified atom stereocenters. The molecule has 0 bridgehead atoms. The number of sulfone groups is 1. The molecule has 0 saturated heterocycles. The lowest BCUT2D eigenvalue weighted by atomic mass is 10.1. The van der Waals surface area contributed by atoms with Gasteiger partial charge in [-0.2, -0.15) is 0 Å². The molecule has 0 saturated carbocycles. The van der Waals surface area contributed by atoms with E-state index in [9.17, 15) is 8.42 Å². The highest BCUT2D eigenvalue weighted by atomic mass is 32.2. The van der Waals surface area contributed by atoms with E-state index in [-0.39, 0.29) is 16.7 Å². The van der Waals surface area contributed by atoms with Crippen LogP contribution in [0.2, 0.25) is 0 Å². The number of methoxy groups -OCH3 is 1. The van der Waals surface area contributed by atoms with Gasteiger partial charge in [0.2, 0.25) is 0 Å². The lowest BCUT2D eigenvalue weighted by Gasteiger charge is -2.11. The Morgan fingerprint density at radius 2 is 1.84 bits per heavy atom. The van der Waals surface area contributed by atoms with E-state index < -0.39 is 9.84 Å². The molecule has 2 aromatic carbocycles.